The van der Waals surface area contributed by atoms with Gasteiger partial charge in [-0.05, 0) is 48.0 Å². The molecule has 0 saturated carbocycles. The SMILES string of the molecule is O=C(NCCCNc1noc(-c2ccccc2)n1)c1ccc(F)cc1. The number of carbonyl (C=O) groups is 1. The highest BCUT2D eigenvalue weighted by Crippen LogP contribution is 2.17. The third-order valence-electron chi connectivity index (χ3n) is 3.48. The summed E-state index contributed by atoms with van der Waals surface area (Å²) in [7, 11) is 0. The predicted octanol–water partition coefficient (Wildman–Crippen LogP) is 3.11. The summed E-state index contributed by atoms with van der Waals surface area (Å²) in [4.78, 5) is 16.1. The fraction of sp³-hybridized carbons (Fsp3) is 0.167. The van der Waals surface area contributed by atoms with Crippen LogP contribution in [-0.4, -0.2) is 29.1 Å². The molecule has 1 aromatic heterocycles. The average molecular weight is 340 g/mol. The minimum Gasteiger partial charge on any atom is -0.352 e. The Bertz CT molecular complexity index is 819. The van der Waals surface area contributed by atoms with E-state index in [1.54, 1.807) is 0 Å². The first-order valence-corrected chi connectivity index (χ1v) is 7.89. The number of aromatic nitrogens is 2. The summed E-state index contributed by atoms with van der Waals surface area (Å²) in [5.74, 6) is 0.262. The summed E-state index contributed by atoms with van der Waals surface area (Å²) in [5, 5.41) is 9.67. The zero-order chi connectivity index (χ0) is 17.5. The van der Waals surface area contributed by atoms with Crippen molar-refractivity contribution in [3.63, 3.8) is 0 Å². The Kier molecular flexibility index (Phi) is 5.36. The Morgan fingerprint density at radius 1 is 1.04 bits per heavy atom. The summed E-state index contributed by atoms with van der Waals surface area (Å²) < 4.78 is 18.0. The zero-order valence-electron chi connectivity index (χ0n) is 13.4. The number of benzene rings is 2. The molecular weight excluding hydrogens is 323 g/mol. The highest BCUT2D eigenvalue weighted by Gasteiger charge is 2.08. The molecule has 2 N–H and O–H groups in total. The Morgan fingerprint density at radius 2 is 1.80 bits per heavy atom. The minimum atomic E-state index is -0.365. The van der Waals surface area contributed by atoms with Gasteiger partial charge in [0.25, 0.3) is 17.7 Å². The Labute approximate surface area is 144 Å². The molecule has 0 aliphatic rings. The van der Waals surface area contributed by atoms with Crippen LogP contribution in [0, 0.1) is 5.82 Å². The van der Waals surface area contributed by atoms with Gasteiger partial charge >= 0.3 is 0 Å². The Balaban J connectivity index is 1.39. The standard InChI is InChI=1S/C18H17FN4O2/c19-15-9-7-13(8-10-15)16(24)20-11-4-12-21-18-22-17(25-23-18)14-5-2-1-3-6-14/h1-3,5-10H,4,11-12H2,(H,20,24)(H,21,23). The number of nitrogens with one attached hydrogen (secondary N) is 2. The smallest absolute Gasteiger partial charge is 0.263 e. The largest absolute Gasteiger partial charge is 0.352 e. The normalized spacial score (nSPS) is 10.4. The third-order valence-corrected chi connectivity index (χ3v) is 3.48. The Hall–Kier alpha value is -3.22. The quantitative estimate of drug-likeness (QED) is 0.646. The van der Waals surface area contributed by atoms with Crippen molar-refractivity contribution in [3.8, 4) is 11.5 Å². The van der Waals surface area contributed by atoms with Crippen molar-refractivity contribution in [2.75, 3.05) is 18.4 Å². The molecule has 3 aromatic rings. The lowest BCUT2D eigenvalue weighted by atomic mass is 10.2. The van der Waals surface area contributed by atoms with Gasteiger partial charge in [0.1, 0.15) is 5.82 Å². The molecule has 0 atom stereocenters. The lowest BCUT2D eigenvalue weighted by molar-refractivity contribution is 0.0953. The average Bonchev–Trinajstić information content (AvgIpc) is 3.11. The topological polar surface area (TPSA) is 80.0 Å². The molecule has 0 saturated heterocycles. The van der Waals surface area contributed by atoms with Gasteiger partial charge in [0, 0.05) is 24.2 Å². The number of nitrogens with zero attached hydrogens (tertiary/aromatic N) is 2. The molecule has 0 unspecified atom stereocenters. The van der Waals surface area contributed by atoms with E-state index in [0.717, 1.165) is 5.56 Å². The van der Waals surface area contributed by atoms with E-state index in [2.05, 4.69) is 20.8 Å². The molecule has 1 heterocycles. The van der Waals surface area contributed by atoms with E-state index in [1.165, 1.54) is 24.3 Å². The molecular formula is C18H17FN4O2. The van der Waals surface area contributed by atoms with Crippen LogP contribution in [0.4, 0.5) is 10.3 Å². The van der Waals surface area contributed by atoms with E-state index in [1.807, 2.05) is 30.3 Å². The number of rotatable bonds is 7. The lowest BCUT2D eigenvalue weighted by Crippen LogP contribution is -2.25. The second-order valence-electron chi connectivity index (χ2n) is 5.33. The molecule has 0 aliphatic heterocycles. The molecule has 1 amide bonds. The maximum Gasteiger partial charge on any atom is 0.263 e. The molecule has 0 spiro atoms. The van der Waals surface area contributed by atoms with Gasteiger partial charge in [0.15, 0.2) is 0 Å². The molecule has 7 heteroatoms. The van der Waals surface area contributed by atoms with Crippen molar-refractivity contribution in [1.82, 2.24) is 15.5 Å². The van der Waals surface area contributed by atoms with Crippen LogP contribution in [-0.2, 0) is 0 Å². The van der Waals surface area contributed by atoms with Gasteiger partial charge < -0.3 is 15.2 Å². The van der Waals surface area contributed by atoms with E-state index in [0.29, 0.717) is 36.9 Å². The van der Waals surface area contributed by atoms with Crippen molar-refractivity contribution in [3.05, 3.63) is 66.0 Å². The summed E-state index contributed by atoms with van der Waals surface area (Å²) in [5.41, 5.74) is 1.29. The van der Waals surface area contributed by atoms with Crippen molar-refractivity contribution in [1.29, 1.82) is 0 Å². The summed E-state index contributed by atoms with van der Waals surface area (Å²) in [6.07, 6.45) is 0.683. The Morgan fingerprint density at radius 3 is 2.56 bits per heavy atom. The van der Waals surface area contributed by atoms with Crippen LogP contribution in [0.2, 0.25) is 0 Å². The van der Waals surface area contributed by atoms with Crippen LogP contribution in [0.1, 0.15) is 16.8 Å². The first-order valence-electron chi connectivity index (χ1n) is 7.89. The number of hydrogen-bond donors (Lipinski definition) is 2. The van der Waals surface area contributed by atoms with Gasteiger partial charge in [-0.1, -0.05) is 18.2 Å². The van der Waals surface area contributed by atoms with Gasteiger partial charge in [-0.15, -0.1) is 0 Å². The van der Waals surface area contributed by atoms with E-state index in [9.17, 15) is 9.18 Å². The molecule has 25 heavy (non-hydrogen) atoms. The van der Waals surface area contributed by atoms with Gasteiger partial charge in [-0.25, -0.2) is 4.39 Å². The molecule has 0 radical (unpaired) electrons. The minimum absolute atomic E-state index is 0.231. The first-order chi connectivity index (χ1) is 12.2. The third kappa shape index (κ3) is 4.63. The zero-order valence-corrected chi connectivity index (χ0v) is 13.4. The molecule has 2 aromatic carbocycles. The second-order valence-corrected chi connectivity index (χ2v) is 5.33. The van der Waals surface area contributed by atoms with Crippen LogP contribution in [0.25, 0.3) is 11.5 Å². The van der Waals surface area contributed by atoms with Crippen LogP contribution in [0.3, 0.4) is 0 Å². The fourth-order valence-corrected chi connectivity index (χ4v) is 2.19. The fourth-order valence-electron chi connectivity index (χ4n) is 2.19. The maximum atomic E-state index is 12.8. The van der Waals surface area contributed by atoms with E-state index in [-0.39, 0.29) is 11.7 Å². The van der Waals surface area contributed by atoms with Crippen LogP contribution < -0.4 is 10.6 Å². The van der Waals surface area contributed by atoms with E-state index in [4.69, 9.17) is 4.52 Å². The van der Waals surface area contributed by atoms with Gasteiger partial charge in [0.05, 0.1) is 0 Å². The van der Waals surface area contributed by atoms with Crippen molar-refractivity contribution >= 4 is 11.9 Å². The monoisotopic (exact) mass is 340 g/mol. The van der Waals surface area contributed by atoms with Crippen LogP contribution >= 0.6 is 0 Å². The van der Waals surface area contributed by atoms with E-state index < -0.39 is 0 Å². The van der Waals surface area contributed by atoms with Gasteiger partial charge in [-0.2, -0.15) is 4.98 Å². The molecule has 0 aliphatic carbocycles. The van der Waals surface area contributed by atoms with Gasteiger partial charge in [0.2, 0.25) is 0 Å². The molecule has 0 fully saturated rings. The van der Waals surface area contributed by atoms with Gasteiger partial charge in [-0.3, -0.25) is 4.79 Å². The predicted molar refractivity (Wildman–Crippen MR) is 91.6 cm³/mol. The molecule has 0 bridgehead atoms. The van der Waals surface area contributed by atoms with Crippen molar-refractivity contribution < 1.29 is 13.7 Å². The maximum absolute atomic E-state index is 12.8. The first kappa shape index (κ1) is 16.6. The number of halogens is 1. The second kappa shape index (κ2) is 8.05. The summed E-state index contributed by atoms with van der Waals surface area (Å²) in [6, 6.07) is 14.9. The van der Waals surface area contributed by atoms with Crippen LogP contribution in [0.15, 0.2) is 59.1 Å². The number of amides is 1. The number of carbonyl (C=O) groups excluding carboxylic acids is 1. The summed E-state index contributed by atoms with van der Waals surface area (Å²) >= 11 is 0. The molecule has 128 valence electrons. The van der Waals surface area contributed by atoms with Crippen LogP contribution in [0.5, 0.6) is 0 Å². The number of anilines is 1. The molecule has 6 nitrogen and oxygen atoms in total. The van der Waals surface area contributed by atoms with Crippen molar-refractivity contribution in [2.45, 2.75) is 6.42 Å². The lowest BCUT2D eigenvalue weighted by Gasteiger charge is -2.05. The molecule has 3 rings (SSSR count). The highest BCUT2D eigenvalue weighted by atomic mass is 19.1. The van der Waals surface area contributed by atoms with E-state index >= 15 is 0 Å². The van der Waals surface area contributed by atoms with Crippen molar-refractivity contribution in [2.24, 2.45) is 0 Å². The summed E-state index contributed by atoms with van der Waals surface area (Å²) in [6.45, 7) is 1.06. The number of hydrogen-bond acceptors (Lipinski definition) is 5. The highest BCUT2D eigenvalue weighted by molar-refractivity contribution is 5.94.